The number of benzene rings is 3. The Hall–Kier alpha value is -4.26. The van der Waals surface area contributed by atoms with Crippen LogP contribution in [0.15, 0.2) is 78.9 Å². The Kier molecular flexibility index (Phi) is 6.34. The summed E-state index contributed by atoms with van der Waals surface area (Å²) in [6.07, 6.45) is 3.12. The molecule has 0 fully saturated rings. The molecule has 0 saturated heterocycles. The average Bonchev–Trinajstić information content (AvgIpc) is 2.78. The molecule has 0 aliphatic heterocycles. The lowest BCUT2D eigenvalue weighted by molar-refractivity contribution is -0.384. The van der Waals surface area contributed by atoms with Crippen molar-refractivity contribution in [3.8, 4) is 11.5 Å². The minimum absolute atomic E-state index is 0.0607. The summed E-state index contributed by atoms with van der Waals surface area (Å²) in [7, 11) is 1.57. The van der Waals surface area contributed by atoms with Crippen LogP contribution in [-0.2, 0) is 0 Å². The summed E-state index contributed by atoms with van der Waals surface area (Å²) < 4.78 is 10.4. The van der Waals surface area contributed by atoms with Gasteiger partial charge >= 0.3 is 5.97 Å². The van der Waals surface area contributed by atoms with Crippen molar-refractivity contribution in [2.45, 2.75) is 0 Å². The summed E-state index contributed by atoms with van der Waals surface area (Å²) in [5.74, 6) is -0.0237. The maximum absolute atomic E-state index is 12.3. The summed E-state index contributed by atoms with van der Waals surface area (Å²) in [6, 6.07) is 18.6. The maximum atomic E-state index is 12.3. The van der Waals surface area contributed by atoms with Gasteiger partial charge in [0.15, 0.2) is 5.78 Å². The lowest BCUT2D eigenvalue weighted by Crippen LogP contribution is -2.09. The van der Waals surface area contributed by atoms with E-state index < -0.39 is 10.9 Å². The van der Waals surface area contributed by atoms with E-state index in [9.17, 15) is 19.7 Å². The van der Waals surface area contributed by atoms with E-state index in [-0.39, 0.29) is 22.8 Å². The molecule has 3 aromatic rings. The highest BCUT2D eigenvalue weighted by molar-refractivity contribution is 6.06. The molecule has 7 heteroatoms. The van der Waals surface area contributed by atoms with E-state index >= 15 is 0 Å². The summed E-state index contributed by atoms with van der Waals surface area (Å²) in [5, 5.41) is 10.8. The number of ketones is 1. The molecule has 0 radical (unpaired) electrons. The number of hydrogen-bond donors (Lipinski definition) is 0. The Morgan fingerprint density at radius 3 is 2.33 bits per heavy atom. The molecule has 3 aromatic carbocycles. The van der Waals surface area contributed by atoms with Gasteiger partial charge in [-0.05, 0) is 54.1 Å². The third kappa shape index (κ3) is 5.17. The summed E-state index contributed by atoms with van der Waals surface area (Å²) in [5.41, 5.74) is 1.10. The Balaban J connectivity index is 1.66. The molecular formula is C23H17NO6. The van der Waals surface area contributed by atoms with Crippen LogP contribution in [0.1, 0.15) is 26.3 Å². The number of nitro benzene ring substituents is 1. The SMILES string of the molecule is COc1cccc(C=CC(=O)c2ccc(OC(=O)c3cccc([N+](=O)[O-])c3)cc2)c1. The van der Waals surface area contributed by atoms with Gasteiger partial charge in [-0.3, -0.25) is 14.9 Å². The highest BCUT2D eigenvalue weighted by Gasteiger charge is 2.13. The molecule has 30 heavy (non-hydrogen) atoms. The average molecular weight is 403 g/mol. The Bertz CT molecular complexity index is 1120. The van der Waals surface area contributed by atoms with Crippen LogP contribution < -0.4 is 9.47 Å². The van der Waals surface area contributed by atoms with E-state index in [4.69, 9.17) is 9.47 Å². The first-order valence-electron chi connectivity index (χ1n) is 8.89. The van der Waals surface area contributed by atoms with Crippen LogP contribution in [0.2, 0.25) is 0 Å². The zero-order valence-electron chi connectivity index (χ0n) is 16.0. The summed E-state index contributed by atoms with van der Waals surface area (Å²) in [4.78, 5) is 34.8. The van der Waals surface area contributed by atoms with Crippen LogP contribution in [-0.4, -0.2) is 23.8 Å². The van der Waals surface area contributed by atoms with Crippen LogP contribution >= 0.6 is 0 Å². The number of allylic oxidation sites excluding steroid dienone is 1. The highest BCUT2D eigenvalue weighted by Crippen LogP contribution is 2.18. The zero-order valence-corrected chi connectivity index (χ0v) is 16.0. The molecule has 0 aliphatic carbocycles. The minimum Gasteiger partial charge on any atom is -0.497 e. The van der Waals surface area contributed by atoms with Crippen molar-refractivity contribution >= 4 is 23.5 Å². The number of carbonyl (C=O) groups is 2. The van der Waals surface area contributed by atoms with Crippen LogP contribution in [0.3, 0.4) is 0 Å². The van der Waals surface area contributed by atoms with Crippen molar-refractivity contribution in [3.63, 3.8) is 0 Å². The first-order chi connectivity index (χ1) is 14.5. The molecule has 0 amide bonds. The molecule has 0 saturated carbocycles. The van der Waals surface area contributed by atoms with Crippen LogP contribution in [0, 0.1) is 10.1 Å². The predicted molar refractivity (Wildman–Crippen MR) is 111 cm³/mol. The molecule has 0 spiro atoms. The van der Waals surface area contributed by atoms with E-state index in [1.807, 2.05) is 18.2 Å². The number of hydrogen-bond acceptors (Lipinski definition) is 6. The van der Waals surface area contributed by atoms with Crippen molar-refractivity contribution in [1.82, 2.24) is 0 Å². The molecule has 0 aliphatic rings. The van der Waals surface area contributed by atoms with Gasteiger partial charge in [0.2, 0.25) is 0 Å². The lowest BCUT2D eigenvalue weighted by atomic mass is 10.1. The Morgan fingerprint density at radius 1 is 0.900 bits per heavy atom. The summed E-state index contributed by atoms with van der Waals surface area (Å²) in [6.45, 7) is 0. The summed E-state index contributed by atoms with van der Waals surface area (Å²) >= 11 is 0. The maximum Gasteiger partial charge on any atom is 0.343 e. The number of carbonyl (C=O) groups excluding carboxylic acids is 2. The first-order valence-corrected chi connectivity index (χ1v) is 8.89. The van der Waals surface area contributed by atoms with E-state index in [1.165, 1.54) is 48.5 Å². The third-order valence-corrected chi connectivity index (χ3v) is 4.16. The van der Waals surface area contributed by atoms with Crippen LogP contribution in [0.4, 0.5) is 5.69 Å². The number of methoxy groups -OCH3 is 1. The number of nitrogens with zero attached hydrogens (tertiary/aromatic N) is 1. The van der Waals surface area contributed by atoms with Gasteiger partial charge in [0.05, 0.1) is 17.6 Å². The normalized spacial score (nSPS) is 10.6. The minimum atomic E-state index is -0.726. The number of rotatable bonds is 7. The van der Waals surface area contributed by atoms with Gasteiger partial charge < -0.3 is 9.47 Å². The molecule has 0 aromatic heterocycles. The van der Waals surface area contributed by atoms with Gasteiger partial charge in [-0.2, -0.15) is 0 Å². The molecule has 3 rings (SSSR count). The van der Waals surface area contributed by atoms with E-state index in [2.05, 4.69) is 0 Å². The standard InChI is InChI=1S/C23H17NO6/c1-29-21-7-2-4-16(14-21)8-13-22(25)17-9-11-20(12-10-17)30-23(26)18-5-3-6-19(15-18)24(27)28/h2-15H,1H3. The second-order valence-corrected chi connectivity index (χ2v) is 6.20. The first kappa shape index (κ1) is 20.5. The second-order valence-electron chi connectivity index (χ2n) is 6.20. The molecule has 7 nitrogen and oxygen atoms in total. The van der Waals surface area contributed by atoms with Crippen molar-refractivity contribution in [3.05, 3.63) is 106 Å². The van der Waals surface area contributed by atoms with Gasteiger partial charge in [0, 0.05) is 17.7 Å². The van der Waals surface area contributed by atoms with Gasteiger partial charge in [-0.15, -0.1) is 0 Å². The Labute approximate surface area is 172 Å². The molecule has 0 heterocycles. The van der Waals surface area contributed by atoms with Gasteiger partial charge in [-0.1, -0.05) is 24.3 Å². The monoisotopic (exact) mass is 403 g/mol. The quantitative estimate of drug-likeness (QED) is 0.141. The fraction of sp³-hybridized carbons (Fsp3) is 0.0435. The number of non-ortho nitro benzene ring substituents is 1. The zero-order chi connectivity index (χ0) is 21.5. The molecule has 0 unspecified atom stereocenters. The molecule has 150 valence electrons. The smallest absolute Gasteiger partial charge is 0.343 e. The van der Waals surface area contributed by atoms with Gasteiger partial charge in [0.1, 0.15) is 11.5 Å². The second kappa shape index (κ2) is 9.29. The predicted octanol–water partition coefficient (Wildman–Crippen LogP) is 4.72. The van der Waals surface area contributed by atoms with Crippen molar-refractivity contribution in [2.24, 2.45) is 0 Å². The fourth-order valence-corrected chi connectivity index (χ4v) is 2.61. The van der Waals surface area contributed by atoms with Crippen molar-refractivity contribution < 1.29 is 24.0 Å². The van der Waals surface area contributed by atoms with E-state index in [1.54, 1.807) is 19.3 Å². The Morgan fingerprint density at radius 2 is 1.63 bits per heavy atom. The lowest BCUT2D eigenvalue weighted by Gasteiger charge is -2.05. The van der Waals surface area contributed by atoms with Crippen molar-refractivity contribution in [1.29, 1.82) is 0 Å². The van der Waals surface area contributed by atoms with E-state index in [0.29, 0.717) is 11.3 Å². The largest absolute Gasteiger partial charge is 0.497 e. The fourth-order valence-electron chi connectivity index (χ4n) is 2.61. The van der Waals surface area contributed by atoms with Crippen molar-refractivity contribution in [2.75, 3.05) is 7.11 Å². The number of esters is 1. The molecule has 0 bridgehead atoms. The van der Waals surface area contributed by atoms with Crippen LogP contribution in [0.5, 0.6) is 11.5 Å². The number of nitro groups is 1. The highest BCUT2D eigenvalue weighted by atomic mass is 16.6. The molecule has 0 atom stereocenters. The topological polar surface area (TPSA) is 95.7 Å². The third-order valence-electron chi connectivity index (χ3n) is 4.16. The van der Waals surface area contributed by atoms with E-state index in [0.717, 1.165) is 11.6 Å². The number of ether oxygens (including phenoxy) is 2. The van der Waals surface area contributed by atoms with Crippen LogP contribution in [0.25, 0.3) is 6.08 Å². The van der Waals surface area contributed by atoms with Gasteiger partial charge in [-0.25, -0.2) is 4.79 Å². The van der Waals surface area contributed by atoms with Gasteiger partial charge in [0.25, 0.3) is 5.69 Å². The molecular weight excluding hydrogens is 386 g/mol. The molecule has 0 N–H and O–H groups in total.